The van der Waals surface area contributed by atoms with Gasteiger partial charge in [-0.15, -0.1) is 12.4 Å². The van der Waals surface area contributed by atoms with E-state index in [1.54, 1.807) is 0 Å². The summed E-state index contributed by atoms with van der Waals surface area (Å²) in [6.45, 7) is 2.63. The van der Waals surface area contributed by atoms with Crippen LogP contribution in [0.15, 0.2) is 18.5 Å². The summed E-state index contributed by atoms with van der Waals surface area (Å²) in [5.41, 5.74) is 5.82. The molecule has 0 radical (unpaired) electrons. The van der Waals surface area contributed by atoms with E-state index in [9.17, 15) is 9.90 Å². The lowest BCUT2D eigenvalue weighted by molar-refractivity contribution is -0.137. The van der Waals surface area contributed by atoms with Gasteiger partial charge >= 0.3 is 0 Å². The molecule has 1 saturated heterocycles. The molecule has 6 nitrogen and oxygen atoms in total. The summed E-state index contributed by atoms with van der Waals surface area (Å²) in [7, 11) is 0. The number of nitrogens with two attached hydrogens (primary N) is 1. The maximum atomic E-state index is 12.5. The Balaban J connectivity index is 0.00000192. The number of halogens is 1. The van der Waals surface area contributed by atoms with Crippen LogP contribution in [0.2, 0.25) is 0 Å². The number of aryl methyl sites for hydroxylation is 1. The quantitative estimate of drug-likeness (QED) is 0.856. The Bertz CT molecular complexity index is 478. The van der Waals surface area contributed by atoms with Crippen molar-refractivity contribution >= 4 is 18.3 Å². The van der Waals surface area contributed by atoms with Gasteiger partial charge in [-0.05, 0) is 44.1 Å². The topological polar surface area (TPSA) is 84.4 Å². The van der Waals surface area contributed by atoms with Crippen molar-refractivity contribution < 1.29 is 9.90 Å². The van der Waals surface area contributed by atoms with Gasteiger partial charge in [0.25, 0.3) is 0 Å². The second kappa shape index (κ2) is 8.13. The molecule has 3 atom stereocenters. The SMILES string of the molecule is Cl.N[C@H]1C[C@H](C(=O)N2CCC(CCn3cccn3)CC2)C[C@@H]1O. The summed E-state index contributed by atoms with van der Waals surface area (Å²) < 4.78 is 1.97. The number of carbonyl (C=O) groups is 1. The van der Waals surface area contributed by atoms with Crippen molar-refractivity contribution in [2.24, 2.45) is 17.6 Å². The van der Waals surface area contributed by atoms with Gasteiger partial charge in [0.2, 0.25) is 5.91 Å². The van der Waals surface area contributed by atoms with E-state index in [2.05, 4.69) is 5.10 Å². The van der Waals surface area contributed by atoms with E-state index in [1.807, 2.05) is 28.0 Å². The van der Waals surface area contributed by atoms with Crippen molar-refractivity contribution in [2.75, 3.05) is 13.1 Å². The highest BCUT2D eigenvalue weighted by molar-refractivity contribution is 5.85. The summed E-state index contributed by atoms with van der Waals surface area (Å²) in [6, 6.07) is 1.71. The minimum absolute atomic E-state index is 0. The predicted octanol–water partition coefficient (Wildman–Crippen LogP) is 1.03. The first kappa shape index (κ1) is 18.2. The monoisotopic (exact) mass is 342 g/mol. The molecule has 7 heteroatoms. The molecule has 0 spiro atoms. The normalized spacial score (nSPS) is 28.6. The number of nitrogens with zero attached hydrogens (tertiary/aromatic N) is 3. The maximum absolute atomic E-state index is 12.5. The maximum Gasteiger partial charge on any atom is 0.225 e. The fourth-order valence-electron chi connectivity index (χ4n) is 3.70. The number of amides is 1. The van der Waals surface area contributed by atoms with Gasteiger partial charge in [0, 0.05) is 44.0 Å². The molecular weight excluding hydrogens is 316 g/mol. The van der Waals surface area contributed by atoms with Crippen LogP contribution in [0.5, 0.6) is 0 Å². The summed E-state index contributed by atoms with van der Waals surface area (Å²) in [4.78, 5) is 14.5. The highest BCUT2D eigenvalue weighted by Gasteiger charge is 2.37. The van der Waals surface area contributed by atoms with Gasteiger partial charge in [-0.25, -0.2) is 0 Å². The highest BCUT2D eigenvalue weighted by atomic mass is 35.5. The molecule has 23 heavy (non-hydrogen) atoms. The Kier molecular flexibility index (Phi) is 6.44. The molecule has 2 aliphatic rings. The van der Waals surface area contributed by atoms with Crippen molar-refractivity contribution in [3.8, 4) is 0 Å². The fraction of sp³-hybridized carbons (Fsp3) is 0.750. The molecule has 1 aromatic rings. The molecule has 1 aliphatic heterocycles. The van der Waals surface area contributed by atoms with E-state index in [-0.39, 0.29) is 30.3 Å². The lowest BCUT2D eigenvalue weighted by atomic mass is 9.92. The highest BCUT2D eigenvalue weighted by Crippen LogP contribution is 2.29. The summed E-state index contributed by atoms with van der Waals surface area (Å²) in [5.74, 6) is 0.785. The molecule has 1 aromatic heterocycles. The van der Waals surface area contributed by atoms with Crippen LogP contribution in [0.1, 0.15) is 32.1 Å². The van der Waals surface area contributed by atoms with Gasteiger partial charge < -0.3 is 15.7 Å². The predicted molar refractivity (Wildman–Crippen MR) is 90.1 cm³/mol. The van der Waals surface area contributed by atoms with Gasteiger partial charge in [-0.1, -0.05) is 0 Å². The Morgan fingerprint density at radius 1 is 1.30 bits per heavy atom. The number of aromatic nitrogens is 2. The van der Waals surface area contributed by atoms with E-state index in [4.69, 9.17) is 5.73 Å². The zero-order valence-corrected chi connectivity index (χ0v) is 14.2. The second-order valence-electron chi connectivity index (χ2n) is 6.73. The van der Waals surface area contributed by atoms with Crippen LogP contribution in [-0.2, 0) is 11.3 Å². The minimum atomic E-state index is -0.513. The largest absolute Gasteiger partial charge is 0.391 e. The Labute approximate surface area is 143 Å². The number of piperidine rings is 1. The van der Waals surface area contributed by atoms with E-state index < -0.39 is 6.10 Å². The molecule has 1 saturated carbocycles. The molecule has 1 amide bonds. The smallest absolute Gasteiger partial charge is 0.225 e. The Morgan fingerprint density at radius 3 is 2.61 bits per heavy atom. The van der Waals surface area contributed by atoms with Gasteiger partial charge in [0.1, 0.15) is 0 Å². The van der Waals surface area contributed by atoms with Crippen molar-refractivity contribution in [3.63, 3.8) is 0 Å². The first-order chi connectivity index (χ1) is 10.6. The number of hydrogen-bond donors (Lipinski definition) is 2. The molecule has 2 heterocycles. The lowest BCUT2D eigenvalue weighted by Gasteiger charge is -2.33. The fourth-order valence-corrected chi connectivity index (χ4v) is 3.70. The summed E-state index contributed by atoms with van der Waals surface area (Å²) >= 11 is 0. The van der Waals surface area contributed by atoms with Crippen LogP contribution in [0, 0.1) is 11.8 Å². The van der Waals surface area contributed by atoms with Crippen molar-refractivity contribution in [2.45, 2.75) is 50.8 Å². The molecular formula is C16H27ClN4O2. The van der Waals surface area contributed by atoms with Crippen LogP contribution in [0.4, 0.5) is 0 Å². The van der Waals surface area contributed by atoms with Crippen LogP contribution in [0.3, 0.4) is 0 Å². The summed E-state index contributed by atoms with van der Waals surface area (Å²) in [6.07, 6.45) is 7.69. The molecule has 0 unspecified atom stereocenters. The van der Waals surface area contributed by atoms with Crippen molar-refractivity contribution in [1.29, 1.82) is 0 Å². The van der Waals surface area contributed by atoms with Gasteiger partial charge in [-0.3, -0.25) is 9.48 Å². The first-order valence-electron chi connectivity index (χ1n) is 8.33. The Hall–Kier alpha value is -1.11. The zero-order chi connectivity index (χ0) is 15.5. The number of aliphatic hydroxyl groups is 1. The standard InChI is InChI=1S/C16H26N4O2.ClH/c17-14-10-13(11-15(14)21)16(22)19-7-2-12(3-8-19)4-9-20-6-1-5-18-20;/h1,5-6,12-15,21H,2-4,7-11,17H2;1H/t13-,14-,15-;/m0./s1. The number of carbonyl (C=O) groups excluding carboxylic acids is 1. The second-order valence-corrected chi connectivity index (χ2v) is 6.73. The number of likely N-dealkylation sites (tertiary alicyclic amines) is 1. The molecule has 130 valence electrons. The van der Waals surface area contributed by atoms with Crippen molar-refractivity contribution in [3.05, 3.63) is 18.5 Å². The van der Waals surface area contributed by atoms with Crippen LogP contribution in [-0.4, -0.2) is 50.9 Å². The zero-order valence-electron chi connectivity index (χ0n) is 13.4. The third kappa shape index (κ3) is 4.46. The van der Waals surface area contributed by atoms with Crippen LogP contribution < -0.4 is 5.73 Å². The Morgan fingerprint density at radius 2 is 2.04 bits per heavy atom. The number of rotatable bonds is 4. The molecule has 0 aromatic carbocycles. The summed E-state index contributed by atoms with van der Waals surface area (Å²) in [5, 5.41) is 13.9. The molecule has 0 bridgehead atoms. The van der Waals surface area contributed by atoms with Gasteiger partial charge in [0.05, 0.1) is 6.10 Å². The molecule has 3 N–H and O–H groups in total. The van der Waals surface area contributed by atoms with Crippen LogP contribution >= 0.6 is 12.4 Å². The van der Waals surface area contributed by atoms with E-state index in [0.29, 0.717) is 18.8 Å². The number of hydrogen-bond acceptors (Lipinski definition) is 4. The first-order valence-corrected chi connectivity index (χ1v) is 8.33. The average Bonchev–Trinajstić information content (AvgIpc) is 3.16. The lowest BCUT2D eigenvalue weighted by Crippen LogP contribution is -2.41. The van der Waals surface area contributed by atoms with Gasteiger partial charge in [0.15, 0.2) is 0 Å². The third-order valence-corrected chi connectivity index (χ3v) is 5.18. The molecule has 3 rings (SSSR count). The number of aliphatic hydroxyl groups excluding tert-OH is 1. The average molecular weight is 343 g/mol. The third-order valence-electron chi connectivity index (χ3n) is 5.18. The molecule has 2 fully saturated rings. The van der Waals surface area contributed by atoms with Crippen LogP contribution in [0.25, 0.3) is 0 Å². The van der Waals surface area contributed by atoms with E-state index in [1.165, 1.54) is 0 Å². The van der Waals surface area contributed by atoms with E-state index in [0.717, 1.165) is 38.9 Å². The molecule has 1 aliphatic carbocycles. The van der Waals surface area contributed by atoms with E-state index >= 15 is 0 Å². The van der Waals surface area contributed by atoms with Crippen molar-refractivity contribution in [1.82, 2.24) is 14.7 Å². The minimum Gasteiger partial charge on any atom is -0.391 e. The van der Waals surface area contributed by atoms with Gasteiger partial charge in [-0.2, -0.15) is 5.10 Å².